The minimum absolute atomic E-state index is 0.348. The summed E-state index contributed by atoms with van der Waals surface area (Å²) in [5.74, 6) is -0.607. The van der Waals surface area contributed by atoms with E-state index in [9.17, 15) is 25.2 Å². The van der Waals surface area contributed by atoms with Gasteiger partial charge in [-0.25, -0.2) is 0 Å². The Morgan fingerprint density at radius 1 is 0.585 bits per heavy atom. The van der Waals surface area contributed by atoms with Crippen LogP contribution >= 0.6 is 0 Å². The number of carbonyl (C=O) groups excluding carboxylic acids is 1. The highest BCUT2D eigenvalue weighted by Gasteiger charge is 2.28. The molecule has 0 rings (SSSR count). The number of carbonyl (C=O) groups is 1. The number of hydrogen-bond donors (Lipinski definition) is 5. The Morgan fingerprint density at radius 3 is 1.51 bits per heavy atom. The molecule has 0 radical (unpaired) electrons. The summed E-state index contributed by atoms with van der Waals surface area (Å²) >= 11 is 0. The summed E-state index contributed by atoms with van der Waals surface area (Å²) < 4.78 is 0. The number of allylic oxidation sites excluding steroid dienone is 4. The van der Waals surface area contributed by atoms with Gasteiger partial charge in [-0.1, -0.05) is 122 Å². The summed E-state index contributed by atoms with van der Waals surface area (Å²) in [6.07, 6.45) is 30.6. The first kappa shape index (κ1) is 39.8. The number of unbranched alkanes of at least 4 members (excludes halogenated alkanes) is 17. The van der Waals surface area contributed by atoms with E-state index in [0.29, 0.717) is 12.8 Å². The van der Waals surface area contributed by atoms with Crippen molar-refractivity contribution < 1.29 is 25.2 Å². The predicted molar refractivity (Wildman–Crippen MR) is 173 cm³/mol. The standard InChI is InChI=1S/C35H67NO5/c1-3-5-7-9-11-13-15-16-17-19-20-22-24-26-28-32(38)34(40)31(30-37)36-35(41)33(39)29-27-25-23-21-18-14-12-10-8-6-4-2/h12,14,20,22,31-34,37-40H,3-11,13,15-19,21,23-30H2,1-2H3,(H,36,41)/b14-12-,22-20+. The third-order valence-corrected chi connectivity index (χ3v) is 7.88. The molecule has 1 amide bonds. The quantitative estimate of drug-likeness (QED) is 0.0442. The molecule has 0 aromatic carbocycles. The monoisotopic (exact) mass is 582 g/mol. The molecule has 5 N–H and O–H groups in total. The van der Waals surface area contributed by atoms with Crippen LogP contribution in [-0.4, -0.2) is 57.3 Å². The first-order chi connectivity index (χ1) is 20.0. The summed E-state index contributed by atoms with van der Waals surface area (Å²) in [4.78, 5) is 12.4. The van der Waals surface area contributed by atoms with Crippen molar-refractivity contribution in [2.45, 2.75) is 186 Å². The van der Waals surface area contributed by atoms with E-state index in [0.717, 1.165) is 57.8 Å². The highest BCUT2D eigenvalue weighted by atomic mass is 16.3. The smallest absolute Gasteiger partial charge is 0.249 e. The van der Waals surface area contributed by atoms with Crippen molar-refractivity contribution in [3.63, 3.8) is 0 Å². The van der Waals surface area contributed by atoms with E-state index < -0.39 is 36.9 Å². The molecule has 242 valence electrons. The van der Waals surface area contributed by atoms with Crippen LogP contribution in [0.15, 0.2) is 24.3 Å². The van der Waals surface area contributed by atoms with E-state index in [2.05, 4.69) is 43.5 Å². The van der Waals surface area contributed by atoms with Gasteiger partial charge in [0.05, 0.1) is 18.8 Å². The summed E-state index contributed by atoms with van der Waals surface area (Å²) in [7, 11) is 0. The fraction of sp³-hybridized carbons (Fsp3) is 0.857. The summed E-state index contributed by atoms with van der Waals surface area (Å²) in [5.41, 5.74) is 0. The Hall–Kier alpha value is -1.21. The van der Waals surface area contributed by atoms with Crippen LogP contribution in [0.1, 0.15) is 162 Å². The molecule has 0 bridgehead atoms. The highest BCUT2D eigenvalue weighted by Crippen LogP contribution is 2.13. The molecule has 0 saturated heterocycles. The molecule has 4 atom stereocenters. The van der Waals surface area contributed by atoms with Crippen LogP contribution in [0.5, 0.6) is 0 Å². The predicted octanol–water partition coefficient (Wildman–Crippen LogP) is 7.67. The number of amides is 1. The van der Waals surface area contributed by atoms with Gasteiger partial charge in [-0.05, 0) is 64.2 Å². The Kier molecular flexibility index (Phi) is 29.4. The first-order valence-electron chi connectivity index (χ1n) is 17.2. The molecule has 0 fully saturated rings. The molecule has 41 heavy (non-hydrogen) atoms. The van der Waals surface area contributed by atoms with Gasteiger partial charge < -0.3 is 25.7 Å². The summed E-state index contributed by atoms with van der Waals surface area (Å²) in [6, 6.07) is -1.00. The van der Waals surface area contributed by atoms with E-state index in [1.54, 1.807) is 0 Å². The zero-order chi connectivity index (χ0) is 30.4. The van der Waals surface area contributed by atoms with Gasteiger partial charge in [0.1, 0.15) is 12.2 Å². The van der Waals surface area contributed by atoms with E-state index in [1.807, 2.05) is 0 Å². The van der Waals surface area contributed by atoms with Gasteiger partial charge >= 0.3 is 0 Å². The third kappa shape index (κ3) is 25.0. The zero-order valence-electron chi connectivity index (χ0n) is 26.8. The number of rotatable bonds is 30. The lowest BCUT2D eigenvalue weighted by molar-refractivity contribution is -0.132. The molecular formula is C35H67NO5. The van der Waals surface area contributed by atoms with Crippen LogP contribution in [0.3, 0.4) is 0 Å². The lowest BCUT2D eigenvalue weighted by atomic mass is 10.00. The molecule has 0 saturated carbocycles. The number of aliphatic hydroxyl groups is 4. The maximum absolute atomic E-state index is 12.4. The molecule has 0 aliphatic rings. The molecule has 0 aliphatic heterocycles. The molecule has 6 heteroatoms. The summed E-state index contributed by atoms with van der Waals surface area (Å²) in [5, 5.41) is 43.2. The van der Waals surface area contributed by atoms with Crippen molar-refractivity contribution >= 4 is 5.91 Å². The summed E-state index contributed by atoms with van der Waals surface area (Å²) in [6.45, 7) is 3.96. The Balaban J connectivity index is 3.93. The lowest BCUT2D eigenvalue weighted by Crippen LogP contribution is -2.53. The van der Waals surface area contributed by atoms with Crippen molar-refractivity contribution in [1.29, 1.82) is 0 Å². The number of aliphatic hydroxyl groups excluding tert-OH is 4. The van der Waals surface area contributed by atoms with Crippen LogP contribution in [0.25, 0.3) is 0 Å². The minimum atomic E-state index is -1.28. The molecule has 0 heterocycles. The molecule has 4 unspecified atom stereocenters. The molecule has 6 nitrogen and oxygen atoms in total. The van der Waals surface area contributed by atoms with Crippen LogP contribution in [-0.2, 0) is 4.79 Å². The fourth-order valence-corrected chi connectivity index (χ4v) is 5.04. The SMILES string of the molecule is CCCCC/C=C\CCCCCCC(O)C(=O)NC(CO)C(O)C(O)CCC/C=C/CCCCCCCCCCC. The second-order valence-corrected chi connectivity index (χ2v) is 11.8. The number of hydrogen-bond acceptors (Lipinski definition) is 5. The van der Waals surface area contributed by atoms with Gasteiger partial charge in [0, 0.05) is 0 Å². The van der Waals surface area contributed by atoms with Crippen LogP contribution in [0.4, 0.5) is 0 Å². The van der Waals surface area contributed by atoms with Crippen molar-refractivity contribution in [2.75, 3.05) is 6.61 Å². The normalized spacial score (nSPS) is 15.0. The van der Waals surface area contributed by atoms with Gasteiger partial charge in [-0.2, -0.15) is 0 Å². The van der Waals surface area contributed by atoms with E-state index in [1.165, 1.54) is 77.0 Å². The van der Waals surface area contributed by atoms with E-state index in [4.69, 9.17) is 0 Å². The van der Waals surface area contributed by atoms with Gasteiger partial charge in [-0.15, -0.1) is 0 Å². The van der Waals surface area contributed by atoms with Gasteiger partial charge in [0.2, 0.25) is 5.91 Å². The third-order valence-electron chi connectivity index (χ3n) is 7.88. The van der Waals surface area contributed by atoms with E-state index in [-0.39, 0.29) is 0 Å². The second kappa shape index (κ2) is 30.3. The average Bonchev–Trinajstić information content (AvgIpc) is 2.98. The van der Waals surface area contributed by atoms with Crippen LogP contribution < -0.4 is 5.32 Å². The van der Waals surface area contributed by atoms with Crippen LogP contribution in [0, 0.1) is 0 Å². The molecule has 0 spiro atoms. The Bertz CT molecular complexity index is 624. The Labute approximate surface area is 253 Å². The zero-order valence-corrected chi connectivity index (χ0v) is 26.8. The van der Waals surface area contributed by atoms with Gasteiger partial charge in [0.15, 0.2) is 0 Å². The average molecular weight is 582 g/mol. The topological polar surface area (TPSA) is 110 Å². The van der Waals surface area contributed by atoms with Crippen molar-refractivity contribution in [3.05, 3.63) is 24.3 Å². The molecule has 0 aliphatic carbocycles. The maximum atomic E-state index is 12.4. The first-order valence-corrected chi connectivity index (χ1v) is 17.2. The second-order valence-electron chi connectivity index (χ2n) is 11.8. The lowest BCUT2D eigenvalue weighted by Gasteiger charge is -2.27. The van der Waals surface area contributed by atoms with Gasteiger partial charge in [-0.3, -0.25) is 4.79 Å². The fourth-order valence-electron chi connectivity index (χ4n) is 5.04. The minimum Gasteiger partial charge on any atom is -0.394 e. The Morgan fingerprint density at radius 2 is 1.00 bits per heavy atom. The number of nitrogens with one attached hydrogen (secondary N) is 1. The molecule has 0 aromatic heterocycles. The largest absolute Gasteiger partial charge is 0.394 e. The molecular weight excluding hydrogens is 514 g/mol. The van der Waals surface area contributed by atoms with Crippen molar-refractivity contribution in [3.8, 4) is 0 Å². The molecule has 0 aromatic rings. The van der Waals surface area contributed by atoms with Crippen molar-refractivity contribution in [1.82, 2.24) is 5.32 Å². The van der Waals surface area contributed by atoms with Gasteiger partial charge in [0.25, 0.3) is 0 Å². The van der Waals surface area contributed by atoms with E-state index >= 15 is 0 Å². The maximum Gasteiger partial charge on any atom is 0.249 e. The van der Waals surface area contributed by atoms with Crippen molar-refractivity contribution in [2.24, 2.45) is 0 Å². The highest BCUT2D eigenvalue weighted by molar-refractivity contribution is 5.80. The van der Waals surface area contributed by atoms with Crippen LogP contribution in [0.2, 0.25) is 0 Å².